The summed E-state index contributed by atoms with van der Waals surface area (Å²) in [6.07, 6.45) is 1.88. The Labute approximate surface area is 189 Å². The summed E-state index contributed by atoms with van der Waals surface area (Å²) in [5, 5.41) is 10.5. The Hall–Kier alpha value is -4.07. The number of benzene rings is 2. The SMILES string of the molecule is Cc1cc(O)c(C(C)C)cc1-n1c(-c2ccccc2)cn2c3c(=O)n(C)c(=O)n(C)c3nc12. The van der Waals surface area contributed by atoms with Crippen molar-refractivity contribution in [2.75, 3.05) is 0 Å². The summed E-state index contributed by atoms with van der Waals surface area (Å²) in [7, 11) is 3.08. The van der Waals surface area contributed by atoms with Crippen molar-refractivity contribution in [3.05, 3.63) is 80.6 Å². The zero-order valence-electron chi connectivity index (χ0n) is 19.2. The van der Waals surface area contributed by atoms with E-state index in [2.05, 4.69) is 0 Å². The van der Waals surface area contributed by atoms with Gasteiger partial charge in [0.2, 0.25) is 5.78 Å². The highest BCUT2D eigenvalue weighted by Crippen LogP contribution is 2.35. The van der Waals surface area contributed by atoms with E-state index in [4.69, 9.17) is 4.98 Å². The molecule has 0 aliphatic heterocycles. The van der Waals surface area contributed by atoms with Crippen molar-refractivity contribution < 1.29 is 5.11 Å². The number of phenols is 1. The number of fused-ring (bicyclic) bond motifs is 3. The number of rotatable bonds is 3. The molecule has 0 bridgehead atoms. The lowest BCUT2D eigenvalue weighted by atomic mass is 9.99. The third-order valence-corrected chi connectivity index (χ3v) is 6.24. The van der Waals surface area contributed by atoms with Crippen LogP contribution in [0.4, 0.5) is 0 Å². The van der Waals surface area contributed by atoms with Crippen LogP contribution >= 0.6 is 0 Å². The quantitative estimate of drug-likeness (QED) is 0.463. The Morgan fingerprint density at radius 1 is 1.00 bits per heavy atom. The van der Waals surface area contributed by atoms with Gasteiger partial charge in [-0.05, 0) is 36.1 Å². The molecule has 0 amide bonds. The molecule has 0 unspecified atom stereocenters. The Kier molecular flexibility index (Phi) is 4.56. The number of aryl methyl sites for hydroxylation is 2. The molecular weight excluding hydrogens is 418 g/mol. The highest BCUT2D eigenvalue weighted by Gasteiger charge is 2.23. The first-order chi connectivity index (χ1) is 15.7. The van der Waals surface area contributed by atoms with Crippen LogP contribution < -0.4 is 11.2 Å². The van der Waals surface area contributed by atoms with Crippen molar-refractivity contribution in [3.63, 3.8) is 0 Å². The maximum absolute atomic E-state index is 13.1. The number of hydrogen-bond donors (Lipinski definition) is 1. The summed E-state index contributed by atoms with van der Waals surface area (Å²) in [4.78, 5) is 30.3. The van der Waals surface area contributed by atoms with Crippen molar-refractivity contribution in [1.29, 1.82) is 0 Å². The van der Waals surface area contributed by atoms with Crippen LogP contribution in [0.15, 0.2) is 58.3 Å². The van der Waals surface area contributed by atoms with Crippen molar-refractivity contribution >= 4 is 16.9 Å². The Morgan fingerprint density at radius 2 is 1.70 bits per heavy atom. The first kappa shape index (κ1) is 20.8. The minimum absolute atomic E-state index is 0.114. The van der Waals surface area contributed by atoms with Crippen molar-refractivity contribution in [2.24, 2.45) is 14.1 Å². The van der Waals surface area contributed by atoms with Crippen LogP contribution in [0.25, 0.3) is 33.9 Å². The minimum Gasteiger partial charge on any atom is -0.508 e. The molecule has 0 aliphatic rings. The standard InChI is InChI=1S/C25H25N5O3/c1-14(2)17-12-18(15(3)11-20(17)31)30-19(16-9-7-6-8-10-16)13-29-21-22(26-24(29)30)27(4)25(33)28(5)23(21)32/h6-14,31H,1-5H3. The van der Waals surface area contributed by atoms with Crippen LogP contribution in [-0.2, 0) is 14.1 Å². The molecule has 0 aliphatic carbocycles. The third kappa shape index (κ3) is 2.94. The maximum Gasteiger partial charge on any atom is 0.332 e. The van der Waals surface area contributed by atoms with Gasteiger partial charge in [0.15, 0.2) is 11.2 Å². The average molecular weight is 444 g/mol. The van der Waals surface area contributed by atoms with Gasteiger partial charge in [-0.2, -0.15) is 4.98 Å². The molecule has 8 nitrogen and oxygen atoms in total. The highest BCUT2D eigenvalue weighted by atomic mass is 16.3. The van der Waals surface area contributed by atoms with E-state index >= 15 is 0 Å². The molecule has 8 heteroatoms. The van der Waals surface area contributed by atoms with Gasteiger partial charge < -0.3 is 5.11 Å². The molecule has 33 heavy (non-hydrogen) atoms. The fourth-order valence-corrected chi connectivity index (χ4v) is 4.42. The van der Waals surface area contributed by atoms with E-state index in [-0.39, 0.29) is 11.7 Å². The Balaban J connectivity index is 1.99. The molecule has 3 aromatic heterocycles. The van der Waals surface area contributed by atoms with E-state index in [1.54, 1.807) is 17.5 Å². The van der Waals surface area contributed by atoms with Crippen LogP contribution in [0.1, 0.15) is 30.9 Å². The molecule has 0 radical (unpaired) electrons. The normalized spacial score (nSPS) is 11.8. The topological polar surface area (TPSA) is 86.5 Å². The Bertz CT molecular complexity index is 1670. The minimum atomic E-state index is -0.425. The molecule has 5 aromatic rings. The van der Waals surface area contributed by atoms with E-state index in [9.17, 15) is 14.7 Å². The van der Waals surface area contributed by atoms with Crippen LogP contribution in [-0.4, -0.2) is 28.2 Å². The molecule has 1 N–H and O–H groups in total. The molecular formula is C25H25N5O3. The predicted octanol–water partition coefficient (Wildman–Crippen LogP) is 3.48. The molecule has 168 valence electrons. The molecule has 2 aromatic carbocycles. The van der Waals surface area contributed by atoms with Gasteiger partial charge in [0.05, 0.1) is 11.4 Å². The number of aromatic hydroxyl groups is 1. The third-order valence-electron chi connectivity index (χ3n) is 6.24. The molecule has 0 fully saturated rings. The van der Waals surface area contributed by atoms with Crippen LogP contribution in [0.2, 0.25) is 0 Å². The van der Waals surface area contributed by atoms with E-state index in [0.29, 0.717) is 16.9 Å². The summed E-state index contributed by atoms with van der Waals surface area (Å²) in [5.41, 5.74) is 4.17. The molecule has 0 saturated carbocycles. The first-order valence-corrected chi connectivity index (χ1v) is 10.8. The second-order valence-electron chi connectivity index (χ2n) is 8.73. The van der Waals surface area contributed by atoms with E-state index < -0.39 is 11.2 Å². The van der Waals surface area contributed by atoms with Gasteiger partial charge in [-0.1, -0.05) is 44.2 Å². The van der Waals surface area contributed by atoms with Gasteiger partial charge in [0.25, 0.3) is 5.56 Å². The highest BCUT2D eigenvalue weighted by molar-refractivity contribution is 5.80. The van der Waals surface area contributed by atoms with Gasteiger partial charge >= 0.3 is 5.69 Å². The maximum atomic E-state index is 13.1. The molecule has 0 saturated heterocycles. The molecule has 3 heterocycles. The zero-order chi connectivity index (χ0) is 23.6. The average Bonchev–Trinajstić information content (AvgIpc) is 3.33. The lowest BCUT2D eigenvalue weighted by Gasteiger charge is -2.16. The van der Waals surface area contributed by atoms with E-state index in [1.165, 1.54) is 11.6 Å². The summed E-state index contributed by atoms with van der Waals surface area (Å²) >= 11 is 0. The lowest BCUT2D eigenvalue weighted by Crippen LogP contribution is -2.37. The molecule has 0 spiro atoms. The number of hydrogen-bond acceptors (Lipinski definition) is 4. The number of aromatic nitrogens is 5. The number of phenolic OH excluding ortho intramolecular Hbond substituents is 1. The summed E-state index contributed by atoms with van der Waals surface area (Å²) in [5.74, 6) is 0.883. The van der Waals surface area contributed by atoms with E-state index in [0.717, 1.165) is 32.6 Å². The van der Waals surface area contributed by atoms with Crippen LogP contribution in [0, 0.1) is 6.92 Å². The van der Waals surface area contributed by atoms with Crippen molar-refractivity contribution in [3.8, 4) is 22.7 Å². The van der Waals surface area contributed by atoms with Crippen LogP contribution in [0.5, 0.6) is 5.75 Å². The van der Waals surface area contributed by atoms with Gasteiger partial charge in [-0.15, -0.1) is 0 Å². The first-order valence-electron chi connectivity index (χ1n) is 10.8. The number of imidazole rings is 2. The van der Waals surface area contributed by atoms with E-state index in [1.807, 2.05) is 67.9 Å². The van der Waals surface area contributed by atoms with Gasteiger partial charge in [-0.25, -0.2) is 4.79 Å². The van der Waals surface area contributed by atoms with Gasteiger partial charge in [0, 0.05) is 25.9 Å². The van der Waals surface area contributed by atoms with Crippen LogP contribution in [0.3, 0.4) is 0 Å². The molecule has 5 rings (SSSR count). The smallest absolute Gasteiger partial charge is 0.332 e. The summed E-state index contributed by atoms with van der Waals surface area (Å²) in [6.45, 7) is 5.99. The summed E-state index contributed by atoms with van der Waals surface area (Å²) in [6, 6.07) is 13.6. The Morgan fingerprint density at radius 3 is 2.36 bits per heavy atom. The van der Waals surface area contributed by atoms with Crippen molar-refractivity contribution in [1.82, 2.24) is 23.1 Å². The largest absolute Gasteiger partial charge is 0.508 e. The second-order valence-corrected chi connectivity index (χ2v) is 8.73. The fraction of sp³-hybridized carbons (Fsp3) is 0.240. The monoisotopic (exact) mass is 443 g/mol. The van der Waals surface area contributed by atoms with Gasteiger partial charge in [-0.3, -0.25) is 22.9 Å². The lowest BCUT2D eigenvalue weighted by molar-refractivity contribution is 0.464. The zero-order valence-corrected chi connectivity index (χ0v) is 19.2. The van der Waals surface area contributed by atoms with Gasteiger partial charge in [0.1, 0.15) is 5.75 Å². The molecule has 0 atom stereocenters. The second kappa shape index (κ2) is 7.23. The summed E-state index contributed by atoms with van der Waals surface area (Å²) < 4.78 is 6.22. The van der Waals surface area contributed by atoms with Crippen molar-refractivity contribution in [2.45, 2.75) is 26.7 Å². The number of nitrogens with zero attached hydrogens (tertiary/aromatic N) is 5. The fourth-order valence-electron chi connectivity index (χ4n) is 4.42. The predicted molar refractivity (Wildman–Crippen MR) is 128 cm³/mol.